The molecule has 0 spiro atoms. The predicted octanol–water partition coefficient (Wildman–Crippen LogP) is 3.58. The Bertz CT molecular complexity index is 406. The number of anilines is 1. The average Bonchev–Trinajstić information content (AvgIpc) is 2.86. The summed E-state index contributed by atoms with van der Waals surface area (Å²) in [5.74, 6) is 2.51. The second kappa shape index (κ2) is 5.87. The maximum atomic E-state index is 6.04. The van der Waals surface area contributed by atoms with Crippen LogP contribution in [0, 0.1) is 5.92 Å². The van der Waals surface area contributed by atoms with E-state index >= 15 is 0 Å². The summed E-state index contributed by atoms with van der Waals surface area (Å²) in [5, 5.41) is 0. The number of halogens is 1. The van der Waals surface area contributed by atoms with Gasteiger partial charge in [-0.25, -0.2) is 9.97 Å². The van der Waals surface area contributed by atoms with Crippen LogP contribution in [0.5, 0.6) is 0 Å². The Morgan fingerprint density at radius 3 is 2.83 bits per heavy atom. The van der Waals surface area contributed by atoms with Crippen LogP contribution in [0.1, 0.15) is 51.0 Å². The molecule has 0 N–H and O–H groups in total. The summed E-state index contributed by atoms with van der Waals surface area (Å²) < 4.78 is 0. The van der Waals surface area contributed by atoms with E-state index < -0.39 is 0 Å². The predicted molar refractivity (Wildman–Crippen MR) is 76.3 cm³/mol. The molecule has 4 heteroatoms. The maximum Gasteiger partial charge on any atom is 0.131 e. The lowest BCUT2D eigenvalue weighted by Crippen LogP contribution is -2.22. The van der Waals surface area contributed by atoms with E-state index in [0.717, 1.165) is 36.2 Å². The highest BCUT2D eigenvalue weighted by Crippen LogP contribution is 2.28. The van der Waals surface area contributed by atoms with Gasteiger partial charge in [0, 0.05) is 19.0 Å². The van der Waals surface area contributed by atoms with E-state index in [0.29, 0.717) is 11.8 Å². The van der Waals surface area contributed by atoms with E-state index in [2.05, 4.69) is 35.6 Å². The van der Waals surface area contributed by atoms with Crippen LogP contribution in [0.4, 0.5) is 5.69 Å². The zero-order valence-corrected chi connectivity index (χ0v) is 12.2. The third-order valence-corrected chi connectivity index (χ3v) is 3.96. The van der Waals surface area contributed by atoms with E-state index in [-0.39, 0.29) is 0 Å². The van der Waals surface area contributed by atoms with Gasteiger partial charge in [0.25, 0.3) is 0 Å². The van der Waals surface area contributed by atoms with Gasteiger partial charge < -0.3 is 4.90 Å². The van der Waals surface area contributed by atoms with Crippen molar-refractivity contribution in [1.82, 2.24) is 9.97 Å². The van der Waals surface area contributed by atoms with Gasteiger partial charge in [-0.1, -0.05) is 27.2 Å². The van der Waals surface area contributed by atoms with Crippen LogP contribution in [-0.2, 0) is 5.88 Å². The lowest BCUT2D eigenvalue weighted by Gasteiger charge is -2.21. The SMILES string of the molecule is CCC1CCN(c2cnc(C(C)C)nc2CCl)C1. The summed E-state index contributed by atoms with van der Waals surface area (Å²) >= 11 is 6.04. The maximum absolute atomic E-state index is 6.04. The molecule has 2 heterocycles. The third kappa shape index (κ3) is 2.77. The Hall–Kier alpha value is -0.830. The number of aromatic nitrogens is 2. The highest BCUT2D eigenvalue weighted by Gasteiger charge is 2.24. The second-order valence-corrected chi connectivity index (χ2v) is 5.62. The molecule has 0 radical (unpaired) electrons. The topological polar surface area (TPSA) is 29.0 Å². The van der Waals surface area contributed by atoms with Gasteiger partial charge in [0.05, 0.1) is 23.5 Å². The van der Waals surface area contributed by atoms with Gasteiger partial charge in [0.15, 0.2) is 0 Å². The van der Waals surface area contributed by atoms with Crippen LogP contribution in [0.15, 0.2) is 6.20 Å². The molecule has 1 aromatic rings. The molecule has 0 aromatic carbocycles. The van der Waals surface area contributed by atoms with Crippen LogP contribution in [0.2, 0.25) is 0 Å². The Kier molecular flexibility index (Phi) is 4.44. The van der Waals surface area contributed by atoms with E-state index in [1.807, 2.05) is 6.20 Å². The molecule has 1 atom stereocenters. The minimum Gasteiger partial charge on any atom is -0.368 e. The van der Waals surface area contributed by atoms with Gasteiger partial charge in [-0.3, -0.25) is 0 Å². The van der Waals surface area contributed by atoms with Crippen LogP contribution >= 0.6 is 11.6 Å². The molecule has 1 saturated heterocycles. The standard InChI is InChI=1S/C14H22ClN3/c1-4-11-5-6-18(9-11)13-8-16-14(10(2)3)17-12(13)7-15/h8,10-11H,4-7,9H2,1-3H3. The van der Waals surface area contributed by atoms with E-state index in [4.69, 9.17) is 11.6 Å². The molecule has 2 rings (SSSR count). The van der Waals surface area contributed by atoms with Crippen molar-refractivity contribution in [1.29, 1.82) is 0 Å². The van der Waals surface area contributed by atoms with Crippen molar-refractivity contribution in [2.75, 3.05) is 18.0 Å². The Morgan fingerprint density at radius 2 is 2.28 bits per heavy atom. The first-order chi connectivity index (χ1) is 8.65. The molecular formula is C14H22ClN3. The molecular weight excluding hydrogens is 246 g/mol. The molecule has 18 heavy (non-hydrogen) atoms. The quantitative estimate of drug-likeness (QED) is 0.781. The summed E-state index contributed by atoms with van der Waals surface area (Å²) in [7, 11) is 0. The van der Waals surface area contributed by atoms with Crippen molar-refractivity contribution in [3.8, 4) is 0 Å². The van der Waals surface area contributed by atoms with Crippen molar-refractivity contribution in [2.24, 2.45) is 5.92 Å². The van der Waals surface area contributed by atoms with Crippen LogP contribution in [0.3, 0.4) is 0 Å². The van der Waals surface area contributed by atoms with Crippen molar-refractivity contribution < 1.29 is 0 Å². The van der Waals surface area contributed by atoms with Crippen LogP contribution in [-0.4, -0.2) is 23.1 Å². The molecule has 0 bridgehead atoms. The van der Waals surface area contributed by atoms with E-state index in [9.17, 15) is 0 Å². The largest absolute Gasteiger partial charge is 0.368 e. The normalized spacial score (nSPS) is 19.8. The van der Waals surface area contributed by atoms with Crippen molar-refractivity contribution in [3.63, 3.8) is 0 Å². The first-order valence-corrected chi connectivity index (χ1v) is 7.35. The van der Waals surface area contributed by atoms with Gasteiger partial charge in [0.2, 0.25) is 0 Å². The average molecular weight is 268 g/mol. The molecule has 0 amide bonds. The molecule has 1 unspecified atom stereocenters. The fraction of sp³-hybridized carbons (Fsp3) is 0.714. The minimum atomic E-state index is 0.350. The van der Waals surface area contributed by atoms with Crippen LogP contribution < -0.4 is 4.90 Å². The third-order valence-electron chi connectivity index (χ3n) is 3.71. The zero-order chi connectivity index (χ0) is 13.1. The fourth-order valence-electron chi connectivity index (χ4n) is 2.45. The summed E-state index contributed by atoms with van der Waals surface area (Å²) in [6, 6.07) is 0. The van der Waals surface area contributed by atoms with E-state index in [1.54, 1.807) is 0 Å². The first-order valence-electron chi connectivity index (χ1n) is 6.82. The molecule has 3 nitrogen and oxygen atoms in total. The Labute approximate surface area is 115 Å². The molecule has 1 aliphatic heterocycles. The number of hydrogen-bond acceptors (Lipinski definition) is 3. The van der Waals surface area contributed by atoms with Crippen molar-refractivity contribution in [2.45, 2.75) is 45.4 Å². The van der Waals surface area contributed by atoms with Crippen molar-refractivity contribution >= 4 is 17.3 Å². The number of alkyl halides is 1. The van der Waals surface area contributed by atoms with Gasteiger partial charge >= 0.3 is 0 Å². The molecule has 1 aromatic heterocycles. The van der Waals surface area contributed by atoms with Gasteiger partial charge in [0.1, 0.15) is 5.82 Å². The van der Waals surface area contributed by atoms with Gasteiger partial charge in [-0.15, -0.1) is 11.6 Å². The number of rotatable bonds is 4. The second-order valence-electron chi connectivity index (χ2n) is 5.36. The molecule has 0 aliphatic carbocycles. The minimum absolute atomic E-state index is 0.350. The zero-order valence-electron chi connectivity index (χ0n) is 11.5. The molecule has 100 valence electrons. The Morgan fingerprint density at radius 1 is 1.50 bits per heavy atom. The highest BCUT2D eigenvalue weighted by atomic mass is 35.5. The van der Waals surface area contributed by atoms with Crippen LogP contribution in [0.25, 0.3) is 0 Å². The summed E-state index contributed by atoms with van der Waals surface area (Å²) in [4.78, 5) is 11.5. The fourth-order valence-corrected chi connectivity index (χ4v) is 2.65. The molecule has 1 aliphatic rings. The number of nitrogens with zero attached hydrogens (tertiary/aromatic N) is 3. The summed E-state index contributed by atoms with van der Waals surface area (Å²) in [6.07, 6.45) is 4.47. The molecule has 1 fully saturated rings. The Balaban J connectivity index is 2.23. The lowest BCUT2D eigenvalue weighted by molar-refractivity contribution is 0.569. The van der Waals surface area contributed by atoms with E-state index in [1.165, 1.54) is 12.8 Å². The summed E-state index contributed by atoms with van der Waals surface area (Å²) in [6.45, 7) is 8.69. The van der Waals surface area contributed by atoms with Gasteiger partial charge in [-0.05, 0) is 12.3 Å². The highest BCUT2D eigenvalue weighted by molar-refractivity contribution is 6.17. The van der Waals surface area contributed by atoms with Crippen molar-refractivity contribution in [3.05, 3.63) is 17.7 Å². The molecule has 0 saturated carbocycles. The van der Waals surface area contributed by atoms with Gasteiger partial charge in [-0.2, -0.15) is 0 Å². The summed E-state index contributed by atoms with van der Waals surface area (Å²) in [5.41, 5.74) is 2.11. The first kappa shape index (κ1) is 13.6. The monoisotopic (exact) mass is 267 g/mol. The lowest BCUT2D eigenvalue weighted by atomic mass is 10.1. The number of hydrogen-bond donors (Lipinski definition) is 0. The smallest absolute Gasteiger partial charge is 0.131 e.